The molecule has 2 unspecified atom stereocenters. The number of imide groups is 1. The molecule has 2 saturated heterocycles. The van der Waals surface area contributed by atoms with Gasteiger partial charge in [0.05, 0.1) is 58.6 Å². The van der Waals surface area contributed by atoms with Crippen molar-refractivity contribution in [3.8, 4) is 23.0 Å². The van der Waals surface area contributed by atoms with Crippen molar-refractivity contribution in [2.75, 3.05) is 18.0 Å². The van der Waals surface area contributed by atoms with Gasteiger partial charge < -0.3 is 14.4 Å². The Labute approximate surface area is 224 Å². The number of morpholine rings is 1. The number of benzene rings is 1. The molecule has 200 valence electrons. The summed E-state index contributed by atoms with van der Waals surface area (Å²) in [5.41, 5.74) is 0.259. The standard InChI is InChI=1S/C28H27FN6O4/c1-28(2,3)39-27(37)34-15-21-25(26(34)36)22(11-20(31-21)24-16(12-30)5-4-6-19(24)29)35-10-9-23(32-35)33-13-17-7-8-18(14-33)38-17/h4-6,9-11,17-18H,7-8,13-15H2,1-3H3. The Bertz CT molecular complexity index is 1530. The van der Waals surface area contributed by atoms with Gasteiger partial charge in [0.25, 0.3) is 5.91 Å². The second kappa shape index (κ2) is 9.17. The van der Waals surface area contributed by atoms with Crippen LogP contribution in [0.4, 0.5) is 15.0 Å². The van der Waals surface area contributed by atoms with Crippen molar-refractivity contribution in [1.82, 2.24) is 19.7 Å². The highest BCUT2D eigenvalue weighted by Crippen LogP contribution is 2.35. The smallest absolute Gasteiger partial charge is 0.417 e. The average Bonchev–Trinajstić information content (AvgIpc) is 3.59. The van der Waals surface area contributed by atoms with Crippen molar-refractivity contribution in [3.63, 3.8) is 0 Å². The number of ether oxygens (including phenoxy) is 2. The lowest BCUT2D eigenvalue weighted by Crippen LogP contribution is -2.42. The lowest BCUT2D eigenvalue weighted by molar-refractivity contribution is 0.0246. The maximum Gasteiger partial charge on any atom is 0.417 e. The molecule has 10 nitrogen and oxygen atoms in total. The Balaban J connectivity index is 1.45. The molecule has 6 rings (SSSR count). The van der Waals surface area contributed by atoms with E-state index < -0.39 is 23.4 Å². The van der Waals surface area contributed by atoms with Gasteiger partial charge in [0.2, 0.25) is 0 Å². The fraction of sp³-hybridized carbons (Fsp3) is 0.393. The molecule has 0 aliphatic carbocycles. The van der Waals surface area contributed by atoms with Crippen molar-refractivity contribution in [1.29, 1.82) is 5.26 Å². The second-order valence-corrected chi connectivity index (χ2v) is 11.0. The Hall–Kier alpha value is -4.30. The number of hydrogen-bond acceptors (Lipinski definition) is 8. The van der Waals surface area contributed by atoms with E-state index in [9.17, 15) is 14.9 Å². The molecule has 2 aromatic heterocycles. The molecule has 0 radical (unpaired) electrons. The van der Waals surface area contributed by atoms with E-state index in [0.29, 0.717) is 5.69 Å². The zero-order valence-corrected chi connectivity index (χ0v) is 21.8. The third kappa shape index (κ3) is 4.51. The molecule has 3 aliphatic heterocycles. The minimum atomic E-state index is -0.809. The number of carbonyl (C=O) groups is 2. The number of aromatic nitrogens is 3. The van der Waals surface area contributed by atoms with E-state index in [-0.39, 0.29) is 46.8 Å². The van der Waals surface area contributed by atoms with Gasteiger partial charge in [-0.1, -0.05) is 6.07 Å². The number of fused-ring (bicyclic) bond motifs is 3. The summed E-state index contributed by atoms with van der Waals surface area (Å²) in [6.07, 6.45) is 3.29. The number of pyridine rings is 1. The number of hydrogen-bond donors (Lipinski definition) is 0. The number of rotatable bonds is 3. The number of carbonyl (C=O) groups excluding carboxylic acids is 2. The van der Waals surface area contributed by atoms with E-state index in [1.54, 1.807) is 31.6 Å². The first-order valence-corrected chi connectivity index (χ1v) is 12.9. The molecule has 5 heterocycles. The van der Waals surface area contributed by atoms with Crippen LogP contribution in [0.5, 0.6) is 0 Å². The highest BCUT2D eigenvalue weighted by atomic mass is 19.1. The van der Waals surface area contributed by atoms with Gasteiger partial charge in [-0.2, -0.15) is 10.4 Å². The Morgan fingerprint density at radius 2 is 1.92 bits per heavy atom. The van der Waals surface area contributed by atoms with Gasteiger partial charge in [-0.25, -0.2) is 23.8 Å². The number of anilines is 1. The third-order valence-corrected chi connectivity index (χ3v) is 7.03. The molecule has 3 aromatic rings. The van der Waals surface area contributed by atoms with Gasteiger partial charge in [-0.15, -0.1) is 0 Å². The maximum atomic E-state index is 15.0. The monoisotopic (exact) mass is 530 g/mol. The van der Waals surface area contributed by atoms with E-state index in [2.05, 4.69) is 9.88 Å². The predicted octanol–water partition coefficient (Wildman–Crippen LogP) is 4.20. The van der Waals surface area contributed by atoms with Gasteiger partial charge in [-0.05, 0) is 51.8 Å². The number of halogens is 1. The van der Waals surface area contributed by atoms with E-state index in [4.69, 9.17) is 14.6 Å². The molecule has 2 amide bonds. The molecular weight excluding hydrogens is 503 g/mol. The van der Waals surface area contributed by atoms with Crippen LogP contribution >= 0.6 is 0 Å². The van der Waals surface area contributed by atoms with Gasteiger partial charge in [0, 0.05) is 25.4 Å². The summed E-state index contributed by atoms with van der Waals surface area (Å²) in [7, 11) is 0. The topological polar surface area (TPSA) is 114 Å². The van der Waals surface area contributed by atoms with E-state index in [1.165, 1.54) is 24.3 Å². The van der Waals surface area contributed by atoms with Crippen LogP contribution in [0.15, 0.2) is 36.5 Å². The lowest BCUT2D eigenvalue weighted by atomic mass is 10.0. The fourth-order valence-electron chi connectivity index (χ4n) is 5.36. The molecule has 11 heteroatoms. The van der Waals surface area contributed by atoms with Crippen molar-refractivity contribution >= 4 is 17.8 Å². The minimum absolute atomic E-state index is 0.0179. The van der Waals surface area contributed by atoms with E-state index in [0.717, 1.165) is 36.6 Å². The van der Waals surface area contributed by atoms with Crippen molar-refractivity contribution in [2.45, 2.75) is 58.0 Å². The van der Waals surface area contributed by atoms with Crippen molar-refractivity contribution in [2.24, 2.45) is 0 Å². The van der Waals surface area contributed by atoms with Crippen LogP contribution < -0.4 is 4.90 Å². The third-order valence-electron chi connectivity index (χ3n) is 7.03. The Kier molecular flexibility index (Phi) is 5.88. The van der Waals surface area contributed by atoms with Gasteiger partial charge in [-0.3, -0.25) is 4.79 Å². The number of amides is 2. The summed E-state index contributed by atoms with van der Waals surface area (Å²) in [6.45, 7) is 6.43. The van der Waals surface area contributed by atoms with E-state index >= 15 is 4.39 Å². The van der Waals surface area contributed by atoms with Crippen LogP contribution in [0.3, 0.4) is 0 Å². The summed E-state index contributed by atoms with van der Waals surface area (Å²) >= 11 is 0. The number of nitriles is 1. The highest BCUT2D eigenvalue weighted by molar-refractivity contribution is 6.08. The van der Waals surface area contributed by atoms with Crippen LogP contribution in [0, 0.1) is 17.1 Å². The van der Waals surface area contributed by atoms with Crippen LogP contribution in [0.2, 0.25) is 0 Å². The molecule has 0 saturated carbocycles. The quantitative estimate of drug-likeness (QED) is 0.495. The predicted molar refractivity (Wildman–Crippen MR) is 138 cm³/mol. The van der Waals surface area contributed by atoms with Crippen LogP contribution in [-0.2, 0) is 16.0 Å². The minimum Gasteiger partial charge on any atom is -0.443 e. The fourth-order valence-corrected chi connectivity index (χ4v) is 5.36. The zero-order valence-electron chi connectivity index (χ0n) is 21.8. The molecule has 39 heavy (non-hydrogen) atoms. The second-order valence-electron chi connectivity index (χ2n) is 11.0. The molecule has 2 bridgehead atoms. The molecule has 2 atom stereocenters. The molecular formula is C28H27FN6O4. The average molecular weight is 531 g/mol. The highest BCUT2D eigenvalue weighted by Gasteiger charge is 2.40. The molecule has 2 fully saturated rings. The van der Waals surface area contributed by atoms with Crippen LogP contribution in [0.1, 0.15) is 55.2 Å². The van der Waals surface area contributed by atoms with Crippen molar-refractivity contribution in [3.05, 3.63) is 59.2 Å². The molecule has 1 aromatic carbocycles. The SMILES string of the molecule is CC(C)(C)OC(=O)N1Cc2nc(-c3c(F)cccc3C#N)cc(-n3ccc(N4CC5CCC(C4)O5)n3)c2C1=O. The summed E-state index contributed by atoms with van der Waals surface area (Å²) in [5, 5.41) is 14.4. The summed E-state index contributed by atoms with van der Waals surface area (Å²) < 4.78 is 27.9. The largest absolute Gasteiger partial charge is 0.443 e. The first kappa shape index (κ1) is 25.0. The first-order valence-electron chi connectivity index (χ1n) is 12.9. The Morgan fingerprint density at radius 1 is 1.18 bits per heavy atom. The normalized spacial score (nSPS) is 20.2. The first-order chi connectivity index (χ1) is 18.6. The van der Waals surface area contributed by atoms with Gasteiger partial charge in [0.15, 0.2) is 5.82 Å². The zero-order chi connectivity index (χ0) is 27.5. The van der Waals surface area contributed by atoms with E-state index in [1.807, 2.05) is 12.1 Å². The molecule has 0 spiro atoms. The maximum absolute atomic E-state index is 15.0. The Morgan fingerprint density at radius 3 is 2.62 bits per heavy atom. The molecule has 3 aliphatic rings. The van der Waals surface area contributed by atoms with Crippen molar-refractivity contribution < 1.29 is 23.5 Å². The summed E-state index contributed by atoms with van der Waals surface area (Å²) in [5.74, 6) is -0.477. The van der Waals surface area contributed by atoms with Gasteiger partial charge >= 0.3 is 6.09 Å². The summed E-state index contributed by atoms with van der Waals surface area (Å²) in [6, 6.07) is 9.61. The lowest BCUT2D eigenvalue weighted by Gasteiger charge is -2.32. The van der Waals surface area contributed by atoms with Gasteiger partial charge in [0.1, 0.15) is 11.4 Å². The van der Waals surface area contributed by atoms with Crippen LogP contribution in [0.25, 0.3) is 16.9 Å². The number of nitrogens with zero attached hydrogens (tertiary/aromatic N) is 6. The molecule has 0 N–H and O–H groups in total. The van der Waals surface area contributed by atoms with Crippen LogP contribution in [-0.4, -0.2) is 62.6 Å². The summed E-state index contributed by atoms with van der Waals surface area (Å²) in [4.78, 5) is 34.1.